The van der Waals surface area contributed by atoms with Crippen LogP contribution in [0, 0.1) is 5.92 Å². The Balaban J connectivity index is 1.77. The fourth-order valence-electron chi connectivity index (χ4n) is 3.72. The second-order valence-corrected chi connectivity index (χ2v) is 7.23. The van der Waals surface area contributed by atoms with E-state index in [4.69, 9.17) is 0 Å². The Morgan fingerprint density at radius 3 is 2.50 bits per heavy atom. The van der Waals surface area contributed by atoms with Gasteiger partial charge in [-0.3, -0.25) is 24.5 Å². The summed E-state index contributed by atoms with van der Waals surface area (Å²) in [5.74, 6) is -1.22. The summed E-state index contributed by atoms with van der Waals surface area (Å²) in [4.78, 5) is 62.1. The second-order valence-electron chi connectivity index (χ2n) is 7.23. The van der Waals surface area contributed by atoms with Crippen molar-refractivity contribution in [1.82, 2.24) is 10.2 Å². The molecule has 8 nitrogen and oxygen atoms in total. The van der Waals surface area contributed by atoms with Crippen molar-refractivity contribution in [2.75, 3.05) is 25.0 Å². The zero-order valence-corrected chi connectivity index (χ0v) is 15.7. The molecule has 0 radical (unpaired) electrons. The highest BCUT2D eigenvalue weighted by Gasteiger charge is 2.33. The highest BCUT2D eigenvalue weighted by Crippen LogP contribution is 2.25. The van der Waals surface area contributed by atoms with Gasteiger partial charge in [0.15, 0.2) is 6.29 Å². The van der Waals surface area contributed by atoms with Crippen LogP contribution < -0.4 is 10.2 Å². The number of hydrogen-bond acceptors (Lipinski definition) is 6. The maximum absolute atomic E-state index is 12.9. The summed E-state index contributed by atoms with van der Waals surface area (Å²) < 4.78 is 0. The van der Waals surface area contributed by atoms with Gasteiger partial charge in [-0.25, -0.2) is 0 Å². The van der Waals surface area contributed by atoms with E-state index < -0.39 is 17.9 Å². The third kappa shape index (κ3) is 3.95. The number of imide groups is 1. The van der Waals surface area contributed by atoms with Crippen LogP contribution in [0.5, 0.6) is 0 Å². The molecule has 3 rings (SSSR count). The van der Waals surface area contributed by atoms with Gasteiger partial charge in [0.1, 0.15) is 12.3 Å². The number of piperidine rings is 2. The van der Waals surface area contributed by atoms with Gasteiger partial charge in [0.2, 0.25) is 11.8 Å². The molecule has 2 saturated heterocycles. The molecule has 0 spiro atoms. The molecule has 1 N–H and O–H groups in total. The lowest BCUT2D eigenvalue weighted by Crippen LogP contribution is -2.53. The Morgan fingerprint density at radius 1 is 1.18 bits per heavy atom. The van der Waals surface area contributed by atoms with E-state index in [1.54, 1.807) is 18.2 Å². The number of likely N-dealkylation sites (N-methyl/N-ethyl adjacent to an activating group) is 1. The number of rotatable bonds is 5. The quantitative estimate of drug-likeness (QED) is 0.594. The minimum Gasteiger partial charge on any atom is -0.371 e. The molecule has 1 aromatic rings. The van der Waals surface area contributed by atoms with Crippen LogP contribution in [0.2, 0.25) is 0 Å². The van der Waals surface area contributed by atoms with Crippen molar-refractivity contribution in [2.24, 2.45) is 5.92 Å². The van der Waals surface area contributed by atoms with Crippen molar-refractivity contribution in [1.29, 1.82) is 0 Å². The lowest BCUT2D eigenvalue weighted by Gasteiger charge is -2.32. The maximum Gasteiger partial charge on any atom is 0.255 e. The number of aldehydes is 2. The number of carbonyl (C=O) groups is 5. The molecule has 2 aliphatic rings. The average Bonchev–Trinajstić information content (AvgIpc) is 2.72. The molecule has 2 aliphatic heterocycles. The predicted octanol–water partition coefficient (Wildman–Crippen LogP) is 0.792. The molecule has 148 valence electrons. The van der Waals surface area contributed by atoms with Crippen molar-refractivity contribution in [3.63, 3.8) is 0 Å². The van der Waals surface area contributed by atoms with Crippen molar-refractivity contribution in [3.8, 4) is 0 Å². The van der Waals surface area contributed by atoms with E-state index >= 15 is 0 Å². The van der Waals surface area contributed by atoms with Crippen LogP contribution in [-0.2, 0) is 14.4 Å². The van der Waals surface area contributed by atoms with E-state index in [-0.39, 0.29) is 35.8 Å². The molecule has 1 atom stereocenters. The van der Waals surface area contributed by atoms with Crippen LogP contribution in [0.4, 0.5) is 5.69 Å². The molecule has 0 aromatic heterocycles. The first kappa shape index (κ1) is 19.7. The minimum atomic E-state index is -0.744. The lowest BCUT2D eigenvalue weighted by atomic mass is 9.97. The first-order chi connectivity index (χ1) is 13.4. The monoisotopic (exact) mass is 385 g/mol. The van der Waals surface area contributed by atoms with Crippen LogP contribution in [0.15, 0.2) is 18.2 Å². The maximum atomic E-state index is 12.9. The number of amides is 3. The SMILES string of the molecule is CN(C(=O)c1ccc(N2CCC(C=O)CC2)cc1C=O)C1CCC(=O)NC1=O. The lowest BCUT2D eigenvalue weighted by molar-refractivity contribution is -0.136. The van der Waals surface area contributed by atoms with Crippen LogP contribution in [0.25, 0.3) is 0 Å². The van der Waals surface area contributed by atoms with Gasteiger partial charge in [-0.1, -0.05) is 0 Å². The van der Waals surface area contributed by atoms with Crippen molar-refractivity contribution >= 4 is 36.0 Å². The molecule has 8 heteroatoms. The minimum absolute atomic E-state index is 0.0739. The molecule has 2 heterocycles. The van der Waals surface area contributed by atoms with E-state index in [0.717, 1.165) is 24.8 Å². The summed E-state index contributed by atoms with van der Waals surface area (Å²) in [6.45, 7) is 1.43. The Labute approximate surface area is 162 Å². The Morgan fingerprint density at radius 2 is 1.89 bits per heavy atom. The van der Waals surface area contributed by atoms with Gasteiger partial charge < -0.3 is 14.6 Å². The Hall–Kier alpha value is -3.03. The van der Waals surface area contributed by atoms with Crippen molar-refractivity contribution in [3.05, 3.63) is 29.3 Å². The van der Waals surface area contributed by atoms with Crippen LogP contribution >= 0.6 is 0 Å². The van der Waals surface area contributed by atoms with Crippen LogP contribution in [0.3, 0.4) is 0 Å². The predicted molar refractivity (Wildman–Crippen MR) is 101 cm³/mol. The number of hydrogen-bond donors (Lipinski definition) is 1. The number of benzene rings is 1. The van der Waals surface area contributed by atoms with Crippen molar-refractivity contribution in [2.45, 2.75) is 31.7 Å². The molecular formula is C20H23N3O5. The largest absolute Gasteiger partial charge is 0.371 e. The third-order valence-corrected chi connectivity index (χ3v) is 5.49. The van der Waals surface area contributed by atoms with Gasteiger partial charge in [-0.15, -0.1) is 0 Å². The summed E-state index contributed by atoms with van der Waals surface area (Å²) in [5.41, 5.74) is 1.29. The molecule has 1 aromatic carbocycles. The highest BCUT2D eigenvalue weighted by atomic mass is 16.2. The van der Waals surface area contributed by atoms with E-state index in [1.807, 2.05) is 0 Å². The molecule has 0 saturated carbocycles. The Bertz CT molecular complexity index is 814. The van der Waals surface area contributed by atoms with Gasteiger partial charge in [0.25, 0.3) is 5.91 Å². The molecule has 2 fully saturated rings. The van der Waals surface area contributed by atoms with Gasteiger partial charge in [0, 0.05) is 43.7 Å². The molecule has 0 aliphatic carbocycles. The van der Waals surface area contributed by atoms with Gasteiger partial charge in [-0.2, -0.15) is 0 Å². The van der Waals surface area contributed by atoms with Crippen LogP contribution in [0.1, 0.15) is 46.4 Å². The molecule has 1 unspecified atom stereocenters. The second kappa shape index (κ2) is 8.33. The summed E-state index contributed by atoms with van der Waals surface area (Å²) in [7, 11) is 1.50. The Kier molecular flexibility index (Phi) is 5.87. The molecule has 3 amide bonds. The standard InChI is InChI=1S/C20H23N3O5/c1-22(17-4-5-18(26)21-19(17)27)20(28)16-3-2-15(10-14(16)12-25)23-8-6-13(11-24)7-9-23/h2-3,10-13,17H,4-9H2,1H3,(H,21,26,27). The van der Waals surface area contributed by atoms with Gasteiger partial charge >= 0.3 is 0 Å². The van der Waals surface area contributed by atoms with E-state index in [1.165, 1.54) is 11.9 Å². The number of anilines is 1. The molecule has 28 heavy (non-hydrogen) atoms. The molecule has 0 bridgehead atoms. The fourth-order valence-corrected chi connectivity index (χ4v) is 3.72. The summed E-state index contributed by atoms with van der Waals surface area (Å²) in [6, 6.07) is 4.29. The summed E-state index contributed by atoms with van der Waals surface area (Å²) >= 11 is 0. The molecular weight excluding hydrogens is 362 g/mol. The van der Waals surface area contributed by atoms with Crippen LogP contribution in [-0.4, -0.2) is 61.4 Å². The summed E-state index contributed by atoms with van der Waals surface area (Å²) in [6.07, 6.45) is 3.57. The zero-order chi connectivity index (χ0) is 20.3. The number of nitrogens with zero attached hydrogens (tertiary/aromatic N) is 2. The van der Waals surface area contributed by atoms with E-state index in [2.05, 4.69) is 10.2 Å². The highest BCUT2D eigenvalue weighted by molar-refractivity contribution is 6.06. The third-order valence-electron chi connectivity index (χ3n) is 5.49. The first-order valence-electron chi connectivity index (χ1n) is 9.35. The van der Waals surface area contributed by atoms with E-state index in [9.17, 15) is 24.0 Å². The first-order valence-corrected chi connectivity index (χ1v) is 9.35. The average molecular weight is 385 g/mol. The normalized spacial score (nSPS) is 20.5. The van der Waals surface area contributed by atoms with Gasteiger partial charge in [0.05, 0.1) is 5.56 Å². The summed E-state index contributed by atoms with van der Waals surface area (Å²) in [5, 5.41) is 2.23. The van der Waals surface area contributed by atoms with Crippen molar-refractivity contribution < 1.29 is 24.0 Å². The van der Waals surface area contributed by atoms with Gasteiger partial charge in [-0.05, 0) is 37.5 Å². The number of carbonyl (C=O) groups excluding carboxylic acids is 5. The number of nitrogens with one attached hydrogen (secondary N) is 1. The zero-order valence-electron chi connectivity index (χ0n) is 15.7. The smallest absolute Gasteiger partial charge is 0.255 e. The fraction of sp³-hybridized carbons (Fsp3) is 0.450. The van der Waals surface area contributed by atoms with E-state index in [0.29, 0.717) is 19.4 Å². The topological polar surface area (TPSA) is 104 Å².